The van der Waals surface area contributed by atoms with E-state index in [1.54, 1.807) is 0 Å². The Morgan fingerprint density at radius 1 is 1.45 bits per heavy atom. The quantitative estimate of drug-likeness (QED) is 0.473. The van der Waals surface area contributed by atoms with Crippen LogP contribution in [0.1, 0.15) is 36.0 Å². The number of rotatable bonds is 6. The van der Waals surface area contributed by atoms with Crippen LogP contribution in [0.25, 0.3) is 0 Å². The molecule has 106 valence electrons. The lowest BCUT2D eigenvalue weighted by atomic mass is 10.1. The van der Waals surface area contributed by atoms with Crippen LogP contribution in [0.2, 0.25) is 0 Å². The Balaban J connectivity index is 2.08. The van der Waals surface area contributed by atoms with Gasteiger partial charge in [-0.15, -0.1) is 0 Å². The number of allylic oxidation sites excluding steroid dienone is 1. The maximum absolute atomic E-state index is 11.1. The standard InChI is InChI=1S/C14H17N3O3/c15-14(18)11-5-6-13(17(19)20)12(9-11)16-8-7-10-3-1-2-4-10/h3,5-6,9,16H,1-2,4,7-8H2,(H2,15,18). The molecule has 0 spiro atoms. The van der Waals surface area contributed by atoms with Crippen LogP contribution in [0.15, 0.2) is 29.8 Å². The average molecular weight is 275 g/mol. The lowest BCUT2D eigenvalue weighted by Crippen LogP contribution is -2.12. The van der Waals surface area contributed by atoms with E-state index in [1.165, 1.54) is 30.2 Å². The molecule has 0 unspecified atom stereocenters. The second-order valence-corrected chi connectivity index (χ2v) is 4.78. The highest BCUT2D eigenvalue weighted by Crippen LogP contribution is 2.26. The molecule has 6 nitrogen and oxygen atoms in total. The molecule has 1 aliphatic carbocycles. The second-order valence-electron chi connectivity index (χ2n) is 4.78. The number of nitrogens with zero attached hydrogens (tertiary/aromatic N) is 1. The summed E-state index contributed by atoms with van der Waals surface area (Å²) in [5.41, 5.74) is 7.13. The van der Waals surface area contributed by atoms with E-state index in [2.05, 4.69) is 11.4 Å². The zero-order chi connectivity index (χ0) is 14.5. The number of carbonyl (C=O) groups is 1. The summed E-state index contributed by atoms with van der Waals surface area (Å²) in [5, 5.41) is 14.0. The average Bonchev–Trinajstić information content (AvgIpc) is 2.91. The Kier molecular flexibility index (Phi) is 4.34. The molecule has 1 amide bonds. The van der Waals surface area contributed by atoms with Crippen molar-refractivity contribution in [1.82, 2.24) is 0 Å². The van der Waals surface area contributed by atoms with Gasteiger partial charge in [-0.25, -0.2) is 0 Å². The Morgan fingerprint density at radius 2 is 2.25 bits per heavy atom. The van der Waals surface area contributed by atoms with E-state index < -0.39 is 10.8 Å². The lowest BCUT2D eigenvalue weighted by molar-refractivity contribution is -0.384. The minimum absolute atomic E-state index is 0.0459. The Morgan fingerprint density at radius 3 is 2.85 bits per heavy atom. The molecule has 0 atom stereocenters. The smallest absolute Gasteiger partial charge is 0.292 e. The number of primary amides is 1. The number of nitro benzene ring substituents is 1. The summed E-state index contributed by atoms with van der Waals surface area (Å²) in [5.74, 6) is -0.596. The normalized spacial score (nSPS) is 13.9. The number of anilines is 1. The maximum Gasteiger partial charge on any atom is 0.292 e. The summed E-state index contributed by atoms with van der Waals surface area (Å²) in [6, 6.07) is 4.10. The molecule has 0 fully saturated rings. The van der Waals surface area contributed by atoms with Crippen molar-refractivity contribution in [3.05, 3.63) is 45.5 Å². The minimum atomic E-state index is -0.596. The molecule has 1 aromatic rings. The van der Waals surface area contributed by atoms with Crippen molar-refractivity contribution in [2.45, 2.75) is 25.7 Å². The number of hydrogen-bond acceptors (Lipinski definition) is 4. The van der Waals surface area contributed by atoms with Crippen LogP contribution < -0.4 is 11.1 Å². The highest BCUT2D eigenvalue weighted by atomic mass is 16.6. The van der Waals surface area contributed by atoms with Gasteiger partial charge in [0.15, 0.2) is 0 Å². The largest absolute Gasteiger partial charge is 0.379 e. The fraction of sp³-hybridized carbons (Fsp3) is 0.357. The second kappa shape index (κ2) is 6.18. The molecule has 0 aliphatic heterocycles. The Bertz CT molecular complexity index is 567. The lowest BCUT2D eigenvalue weighted by Gasteiger charge is -2.08. The van der Waals surface area contributed by atoms with Gasteiger partial charge in [-0.1, -0.05) is 11.6 Å². The zero-order valence-corrected chi connectivity index (χ0v) is 11.1. The summed E-state index contributed by atoms with van der Waals surface area (Å²) in [7, 11) is 0. The summed E-state index contributed by atoms with van der Waals surface area (Å²) in [6.07, 6.45) is 6.48. The van der Waals surface area contributed by atoms with E-state index >= 15 is 0 Å². The van der Waals surface area contributed by atoms with Crippen LogP contribution in [-0.4, -0.2) is 17.4 Å². The molecule has 0 radical (unpaired) electrons. The predicted octanol–water partition coefficient (Wildman–Crippen LogP) is 2.61. The van der Waals surface area contributed by atoms with Crippen LogP contribution >= 0.6 is 0 Å². The van der Waals surface area contributed by atoms with Crippen molar-refractivity contribution in [3.63, 3.8) is 0 Å². The highest BCUT2D eigenvalue weighted by Gasteiger charge is 2.15. The van der Waals surface area contributed by atoms with Crippen molar-refractivity contribution in [3.8, 4) is 0 Å². The number of carbonyl (C=O) groups excluding carboxylic acids is 1. The maximum atomic E-state index is 11.1. The highest BCUT2D eigenvalue weighted by molar-refractivity contribution is 5.94. The van der Waals surface area contributed by atoms with Gasteiger partial charge in [-0.3, -0.25) is 14.9 Å². The fourth-order valence-electron chi connectivity index (χ4n) is 2.31. The Hall–Kier alpha value is -2.37. The van der Waals surface area contributed by atoms with Crippen LogP contribution in [0.4, 0.5) is 11.4 Å². The first kappa shape index (κ1) is 14.0. The van der Waals surface area contributed by atoms with Crippen LogP contribution in [-0.2, 0) is 0 Å². The first-order valence-electron chi connectivity index (χ1n) is 6.58. The van der Waals surface area contributed by atoms with Gasteiger partial charge < -0.3 is 11.1 Å². The van der Waals surface area contributed by atoms with Gasteiger partial charge in [0.05, 0.1) is 4.92 Å². The van der Waals surface area contributed by atoms with E-state index in [0.717, 1.165) is 19.3 Å². The zero-order valence-electron chi connectivity index (χ0n) is 11.1. The van der Waals surface area contributed by atoms with Crippen molar-refractivity contribution >= 4 is 17.3 Å². The molecular weight excluding hydrogens is 258 g/mol. The number of benzene rings is 1. The summed E-state index contributed by atoms with van der Waals surface area (Å²) >= 11 is 0. The summed E-state index contributed by atoms with van der Waals surface area (Å²) in [6.45, 7) is 0.606. The molecular formula is C14H17N3O3. The van der Waals surface area contributed by atoms with Gasteiger partial charge in [0.1, 0.15) is 5.69 Å². The topological polar surface area (TPSA) is 98.3 Å². The molecule has 0 aromatic heterocycles. The monoisotopic (exact) mass is 275 g/mol. The number of amides is 1. The molecule has 1 aliphatic rings. The Labute approximate surface area is 116 Å². The van der Waals surface area contributed by atoms with E-state index in [1.807, 2.05) is 0 Å². The molecule has 20 heavy (non-hydrogen) atoms. The van der Waals surface area contributed by atoms with Gasteiger partial charge in [0.25, 0.3) is 5.69 Å². The van der Waals surface area contributed by atoms with E-state index in [-0.39, 0.29) is 11.3 Å². The SMILES string of the molecule is NC(=O)c1ccc([N+](=O)[O-])c(NCCC2=CCCC2)c1. The third kappa shape index (κ3) is 3.34. The van der Waals surface area contributed by atoms with Crippen LogP contribution in [0, 0.1) is 10.1 Å². The molecule has 0 heterocycles. The van der Waals surface area contributed by atoms with Crippen LogP contribution in [0.3, 0.4) is 0 Å². The van der Waals surface area contributed by atoms with Gasteiger partial charge in [0, 0.05) is 18.2 Å². The minimum Gasteiger partial charge on any atom is -0.379 e. The van der Waals surface area contributed by atoms with Gasteiger partial charge in [-0.05, 0) is 37.8 Å². The van der Waals surface area contributed by atoms with Crippen molar-refractivity contribution in [2.24, 2.45) is 5.73 Å². The first-order valence-corrected chi connectivity index (χ1v) is 6.58. The molecule has 0 bridgehead atoms. The molecule has 0 saturated heterocycles. The van der Waals surface area contributed by atoms with E-state index in [9.17, 15) is 14.9 Å². The van der Waals surface area contributed by atoms with Crippen molar-refractivity contribution in [2.75, 3.05) is 11.9 Å². The molecule has 0 saturated carbocycles. The van der Waals surface area contributed by atoms with Crippen LogP contribution in [0.5, 0.6) is 0 Å². The van der Waals surface area contributed by atoms with E-state index in [0.29, 0.717) is 12.2 Å². The van der Waals surface area contributed by atoms with Gasteiger partial charge in [-0.2, -0.15) is 0 Å². The number of nitrogens with two attached hydrogens (primary N) is 1. The van der Waals surface area contributed by atoms with Crippen molar-refractivity contribution < 1.29 is 9.72 Å². The van der Waals surface area contributed by atoms with Gasteiger partial charge >= 0.3 is 0 Å². The van der Waals surface area contributed by atoms with Gasteiger partial charge in [0.2, 0.25) is 5.91 Å². The third-order valence-corrected chi connectivity index (χ3v) is 3.37. The predicted molar refractivity (Wildman–Crippen MR) is 76.7 cm³/mol. The van der Waals surface area contributed by atoms with Crippen molar-refractivity contribution in [1.29, 1.82) is 0 Å². The third-order valence-electron chi connectivity index (χ3n) is 3.37. The van der Waals surface area contributed by atoms with E-state index in [4.69, 9.17) is 5.73 Å². The molecule has 2 rings (SSSR count). The molecule has 6 heteroatoms. The number of hydrogen-bond donors (Lipinski definition) is 2. The molecule has 1 aromatic carbocycles. The fourth-order valence-corrected chi connectivity index (χ4v) is 2.31. The summed E-state index contributed by atoms with van der Waals surface area (Å²) in [4.78, 5) is 21.6. The summed E-state index contributed by atoms with van der Waals surface area (Å²) < 4.78 is 0. The number of nitro groups is 1. The number of nitrogens with one attached hydrogen (secondary N) is 1. The first-order chi connectivity index (χ1) is 9.58. The molecule has 3 N–H and O–H groups in total.